The number of carbonyl (C=O) groups excluding carboxylic acids is 2. The number of amides is 2. The van der Waals surface area contributed by atoms with Crippen LogP contribution in [0.5, 0.6) is 0 Å². The second-order valence-corrected chi connectivity index (χ2v) is 6.25. The molecule has 0 saturated heterocycles. The van der Waals surface area contributed by atoms with Crippen molar-refractivity contribution in [2.45, 2.75) is 52.7 Å². The van der Waals surface area contributed by atoms with Crippen LogP contribution in [0.25, 0.3) is 0 Å². The largest absolute Gasteiger partial charge is 0.444 e. The summed E-state index contributed by atoms with van der Waals surface area (Å²) in [4.78, 5) is 30.6. The summed E-state index contributed by atoms with van der Waals surface area (Å²) in [6.45, 7) is 9.36. The number of nitrogens with zero attached hydrogens (tertiary/aromatic N) is 2. The maximum Gasteiger partial charge on any atom is 0.410 e. The van der Waals surface area contributed by atoms with E-state index in [0.29, 0.717) is 6.42 Å². The van der Waals surface area contributed by atoms with Gasteiger partial charge in [-0.2, -0.15) is 0 Å². The summed E-state index contributed by atoms with van der Waals surface area (Å²) in [6, 6.07) is -0.602. The molecule has 0 aliphatic rings. The van der Waals surface area contributed by atoms with Gasteiger partial charge in [0.05, 0.1) is 7.11 Å². The zero-order chi connectivity index (χ0) is 16.1. The van der Waals surface area contributed by atoms with Crippen LogP contribution >= 0.6 is 0 Å². The molecule has 0 aromatic heterocycles. The first-order valence-electron chi connectivity index (χ1n) is 6.77. The minimum atomic E-state index is -0.602. The van der Waals surface area contributed by atoms with Crippen molar-refractivity contribution in [1.82, 2.24) is 9.96 Å². The lowest BCUT2D eigenvalue weighted by molar-refractivity contribution is -0.174. The molecule has 0 radical (unpaired) electrons. The van der Waals surface area contributed by atoms with Gasteiger partial charge < -0.3 is 4.74 Å². The highest BCUT2D eigenvalue weighted by Crippen LogP contribution is 2.16. The molecule has 0 aliphatic carbocycles. The Balaban J connectivity index is 5.03. The quantitative estimate of drug-likeness (QED) is 0.728. The third kappa shape index (κ3) is 6.23. The van der Waals surface area contributed by atoms with Gasteiger partial charge in [-0.15, -0.1) is 0 Å². The zero-order valence-corrected chi connectivity index (χ0v) is 13.9. The molecule has 0 aromatic rings. The molecule has 118 valence electrons. The van der Waals surface area contributed by atoms with Crippen LogP contribution in [0, 0.1) is 5.92 Å². The molecule has 0 saturated carbocycles. The van der Waals surface area contributed by atoms with E-state index in [0.717, 1.165) is 5.06 Å². The van der Waals surface area contributed by atoms with E-state index in [-0.39, 0.29) is 11.8 Å². The lowest BCUT2D eigenvalue weighted by atomic mass is 10.0. The second-order valence-electron chi connectivity index (χ2n) is 6.25. The number of rotatable bonds is 5. The van der Waals surface area contributed by atoms with Gasteiger partial charge in [-0.1, -0.05) is 13.8 Å². The molecule has 20 heavy (non-hydrogen) atoms. The first-order chi connectivity index (χ1) is 8.99. The fourth-order valence-electron chi connectivity index (χ4n) is 1.63. The van der Waals surface area contributed by atoms with Crippen molar-refractivity contribution in [3.05, 3.63) is 0 Å². The Morgan fingerprint density at radius 1 is 1.15 bits per heavy atom. The van der Waals surface area contributed by atoms with E-state index in [9.17, 15) is 9.59 Å². The third-order valence-corrected chi connectivity index (χ3v) is 2.71. The molecule has 0 aliphatic heterocycles. The maximum absolute atomic E-state index is 12.3. The molecule has 0 N–H and O–H groups in total. The van der Waals surface area contributed by atoms with Crippen molar-refractivity contribution in [2.24, 2.45) is 5.92 Å². The average Bonchev–Trinajstić information content (AvgIpc) is 2.30. The van der Waals surface area contributed by atoms with Crippen molar-refractivity contribution >= 4 is 12.0 Å². The molecule has 0 fully saturated rings. The Labute approximate surface area is 122 Å². The minimum Gasteiger partial charge on any atom is -0.444 e. The van der Waals surface area contributed by atoms with Crippen LogP contribution < -0.4 is 0 Å². The molecular weight excluding hydrogens is 260 g/mol. The molecule has 1 atom stereocenters. The van der Waals surface area contributed by atoms with Crippen LogP contribution in [0.4, 0.5) is 4.79 Å². The fourth-order valence-corrected chi connectivity index (χ4v) is 1.63. The Hall–Kier alpha value is -1.30. The van der Waals surface area contributed by atoms with Crippen molar-refractivity contribution in [1.29, 1.82) is 0 Å². The van der Waals surface area contributed by atoms with E-state index in [1.807, 2.05) is 13.8 Å². The van der Waals surface area contributed by atoms with E-state index < -0.39 is 17.7 Å². The van der Waals surface area contributed by atoms with Gasteiger partial charge in [-0.05, 0) is 33.1 Å². The summed E-state index contributed by atoms with van der Waals surface area (Å²) >= 11 is 0. The van der Waals surface area contributed by atoms with Gasteiger partial charge >= 0.3 is 6.09 Å². The first-order valence-corrected chi connectivity index (χ1v) is 6.77. The Morgan fingerprint density at radius 2 is 1.65 bits per heavy atom. The Kier molecular flexibility index (Phi) is 6.99. The topological polar surface area (TPSA) is 59.1 Å². The maximum atomic E-state index is 12.3. The lowest BCUT2D eigenvalue weighted by Gasteiger charge is -2.32. The summed E-state index contributed by atoms with van der Waals surface area (Å²) in [5, 5.41) is 1.13. The summed E-state index contributed by atoms with van der Waals surface area (Å²) in [5.74, 6) is -0.00588. The number of likely N-dealkylation sites (N-methyl/N-ethyl adjacent to an activating group) is 2. The van der Waals surface area contributed by atoms with Crippen LogP contribution in [0.1, 0.15) is 41.0 Å². The van der Waals surface area contributed by atoms with Gasteiger partial charge in [-0.3, -0.25) is 14.5 Å². The highest BCUT2D eigenvalue weighted by Gasteiger charge is 2.32. The molecule has 0 spiro atoms. The smallest absolute Gasteiger partial charge is 0.410 e. The molecule has 0 unspecified atom stereocenters. The summed E-state index contributed by atoms with van der Waals surface area (Å²) in [6.07, 6.45) is 0.0310. The van der Waals surface area contributed by atoms with Crippen LogP contribution in [-0.4, -0.2) is 54.8 Å². The highest BCUT2D eigenvalue weighted by molar-refractivity contribution is 5.84. The summed E-state index contributed by atoms with van der Waals surface area (Å²) < 4.78 is 5.30. The fraction of sp³-hybridized carbons (Fsp3) is 0.857. The van der Waals surface area contributed by atoms with Gasteiger partial charge in [0.15, 0.2) is 0 Å². The SMILES string of the molecule is CON(C)C(=O)[C@@H](CC(C)C)N(C)C(=O)OC(C)(C)C. The second kappa shape index (κ2) is 7.47. The van der Waals surface area contributed by atoms with Crippen molar-refractivity contribution in [3.63, 3.8) is 0 Å². The number of hydrogen-bond acceptors (Lipinski definition) is 4. The number of hydrogen-bond donors (Lipinski definition) is 0. The van der Waals surface area contributed by atoms with Crippen molar-refractivity contribution < 1.29 is 19.2 Å². The van der Waals surface area contributed by atoms with Gasteiger partial charge in [-0.25, -0.2) is 9.86 Å². The first kappa shape index (κ1) is 18.7. The van der Waals surface area contributed by atoms with Gasteiger partial charge in [0.2, 0.25) is 0 Å². The van der Waals surface area contributed by atoms with E-state index in [1.54, 1.807) is 27.8 Å². The average molecular weight is 288 g/mol. The van der Waals surface area contributed by atoms with Crippen LogP contribution in [0.2, 0.25) is 0 Å². The molecule has 0 rings (SSSR count). The summed E-state index contributed by atoms with van der Waals surface area (Å²) in [7, 11) is 4.51. The van der Waals surface area contributed by atoms with Crippen molar-refractivity contribution in [2.75, 3.05) is 21.2 Å². The monoisotopic (exact) mass is 288 g/mol. The van der Waals surface area contributed by atoms with E-state index in [2.05, 4.69) is 0 Å². The lowest BCUT2D eigenvalue weighted by Crippen LogP contribution is -2.49. The molecule has 2 amide bonds. The van der Waals surface area contributed by atoms with Gasteiger partial charge in [0.25, 0.3) is 5.91 Å². The standard InChI is InChI=1S/C14H28N2O4/c1-10(2)9-11(12(17)16(7)19-8)15(6)13(18)20-14(3,4)5/h10-11H,9H2,1-8H3/t11-/m1/s1. The van der Waals surface area contributed by atoms with E-state index >= 15 is 0 Å². The molecule has 0 bridgehead atoms. The normalized spacial score (nSPS) is 13.1. The minimum absolute atomic E-state index is 0.263. The van der Waals surface area contributed by atoms with Gasteiger partial charge in [0.1, 0.15) is 11.6 Å². The molecule has 6 heteroatoms. The number of hydroxylamine groups is 2. The molecule has 6 nitrogen and oxygen atoms in total. The van der Waals surface area contributed by atoms with Crippen molar-refractivity contribution in [3.8, 4) is 0 Å². The predicted molar refractivity (Wildman–Crippen MR) is 77.0 cm³/mol. The predicted octanol–water partition coefficient (Wildman–Crippen LogP) is 2.29. The molecule has 0 aromatic carbocycles. The number of ether oxygens (including phenoxy) is 1. The van der Waals surface area contributed by atoms with Crippen LogP contribution in [0.3, 0.4) is 0 Å². The van der Waals surface area contributed by atoms with Gasteiger partial charge in [0, 0.05) is 14.1 Å². The Bertz CT molecular complexity index is 337. The zero-order valence-electron chi connectivity index (χ0n) is 13.9. The number of carbonyl (C=O) groups is 2. The Morgan fingerprint density at radius 3 is 2.00 bits per heavy atom. The van der Waals surface area contributed by atoms with E-state index in [1.165, 1.54) is 19.1 Å². The summed E-state index contributed by atoms with van der Waals surface area (Å²) in [5.41, 5.74) is -0.593. The van der Waals surface area contributed by atoms with E-state index in [4.69, 9.17) is 9.57 Å². The highest BCUT2D eigenvalue weighted by atomic mass is 16.7. The molecule has 0 heterocycles. The van der Waals surface area contributed by atoms with Crippen LogP contribution in [0.15, 0.2) is 0 Å². The third-order valence-electron chi connectivity index (χ3n) is 2.71. The van der Waals surface area contributed by atoms with Crippen LogP contribution in [-0.2, 0) is 14.4 Å². The molecular formula is C14H28N2O4.